The van der Waals surface area contributed by atoms with Crippen molar-refractivity contribution in [3.8, 4) is 0 Å². The first-order valence-corrected chi connectivity index (χ1v) is 10.5. The molecule has 0 fully saturated rings. The molecule has 3 nitrogen and oxygen atoms in total. The Kier molecular flexibility index (Phi) is 7.82. The van der Waals surface area contributed by atoms with Crippen LogP contribution in [0.25, 0.3) is 0 Å². The van der Waals surface area contributed by atoms with E-state index in [1.165, 1.54) is 16.7 Å². The summed E-state index contributed by atoms with van der Waals surface area (Å²) >= 11 is 0. The summed E-state index contributed by atoms with van der Waals surface area (Å²) in [5, 5.41) is 3.20. The maximum atomic E-state index is 12.9. The van der Waals surface area contributed by atoms with Crippen molar-refractivity contribution in [3.63, 3.8) is 0 Å². The monoisotopic (exact) mass is 380 g/mol. The van der Waals surface area contributed by atoms with Gasteiger partial charge in [0.2, 0.25) is 0 Å². The molecule has 28 heavy (non-hydrogen) atoms. The Bertz CT molecular complexity index is 749. The summed E-state index contributed by atoms with van der Waals surface area (Å²) in [6, 6.07) is 14.8. The van der Waals surface area contributed by atoms with Crippen molar-refractivity contribution < 1.29 is 4.79 Å². The lowest BCUT2D eigenvalue weighted by Gasteiger charge is -2.24. The van der Waals surface area contributed by atoms with Crippen molar-refractivity contribution in [3.05, 3.63) is 64.7 Å². The normalized spacial score (nSPS) is 11.7. The number of benzene rings is 2. The largest absolute Gasteiger partial charge is 0.321 e. The molecule has 2 rings (SSSR count). The van der Waals surface area contributed by atoms with Gasteiger partial charge in [-0.15, -0.1) is 0 Å². The zero-order valence-corrected chi connectivity index (χ0v) is 18.5. The Hall–Kier alpha value is -2.13. The van der Waals surface area contributed by atoms with E-state index in [2.05, 4.69) is 89.0 Å². The molecule has 0 saturated carbocycles. The van der Waals surface area contributed by atoms with E-state index in [4.69, 9.17) is 0 Å². The Labute approximate surface area is 171 Å². The summed E-state index contributed by atoms with van der Waals surface area (Å²) < 4.78 is 0. The van der Waals surface area contributed by atoms with Crippen LogP contribution in [0.1, 0.15) is 87.4 Å². The lowest BCUT2D eigenvalue weighted by molar-refractivity contribution is 0.102. The lowest BCUT2D eigenvalue weighted by Crippen LogP contribution is -2.29. The smallest absolute Gasteiger partial charge is 0.255 e. The number of rotatable bonds is 8. The van der Waals surface area contributed by atoms with Crippen LogP contribution in [0, 0.1) is 0 Å². The van der Waals surface area contributed by atoms with E-state index >= 15 is 0 Å². The first-order valence-electron chi connectivity index (χ1n) is 10.5. The van der Waals surface area contributed by atoms with Gasteiger partial charge in [-0.1, -0.05) is 65.0 Å². The SMILES string of the molecule is CCN(Cc1ccc(C(=O)Nc2c(C(C)C)cccc2C(C)C)cc1)C(C)C. The number of hydrogen-bond donors (Lipinski definition) is 1. The van der Waals surface area contributed by atoms with E-state index in [1.54, 1.807) is 0 Å². The minimum Gasteiger partial charge on any atom is -0.321 e. The lowest BCUT2D eigenvalue weighted by atomic mass is 9.92. The zero-order chi connectivity index (χ0) is 20.8. The molecular formula is C25H36N2O. The molecular weight excluding hydrogens is 344 g/mol. The molecule has 0 aliphatic heterocycles. The van der Waals surface area contributed by atoms with Gasteiger partial charge in [-0.2, -0.15) is 0 Å². The maximum Gasteiger partial charge on any atom is 0.255 e. The van der Waals surface area contributed by atoms with Crippen LogP contribution in [-0.4, -0.2) is 23.4 Å². The first kappa shape index (κ1) is 22.2. The number of hydrogen-bond acceptors (Lipinski definition) is 2. The summed E-state index contributed by atoms with van der Waals surface area (Å²) in [7, 11) is 0. The van der Waals surface area contributed by atoms with Crippen molar-refractivity contribution in [2.24, 2.45) is 0 Å². The number of nitrogens with zero attached hydrogens (tertiary/aromatic N) is 1. The Morgan fingerprint density at radius 3 is 1.86 bits per heavy atom. The van der Waals surface area contributed by atoms with Gasteiger partial charge in [0.05, 0.1) is 0 Å². The molecule has 3 heteroatoms. The van der Waals surface area contributed by atoms with Crippen LogP contribution in [0.15, 0.2) is 42.5 Å². The molecule has 0 aliphatic rings. The fraction of sp³-hybridized carbons (Fsp3) is 0.480. The van der Waals surface area contributed by atoms with Crippen molar-refractivity contribution in [2.45, 2.75) is 72.9 Å². The molecule has 2 aromatic rings. The number of carbonyl (C=O) groups is 1. The van der Waals surface area contributed by atoms with Crippen molar-refractivity contribution >= 4 is 11.6 Å². The van der Waals surface area contributed by atoms with Gasteiger partial charge >= 0.3 is 0 Å². The van der Waals surface area contributed by atoms with Crippen molar-refractivity contribution in [2.75, 3.05) is 11.9 Å². The van der Waals surface area contributed by atoms with Crippen molar-refractivity contribution in [1.82, 2.24) is 4.90 Å². The molecule has 0 heterocycles. The molecule has 0 unspecified atom stereocenters. The fourth-order valence-electron chi connectivity index (χ4n) is 3.54. The van der Waals surface area contributed by atoms with Gasteiger partial charge in [-0.3, -0.25) is 9.69 Å². The van der Waals surface area contributed by atoms with Gasteiger partial charge < -0.3 is 5.32 Å². The van der Waals surface area contributed by atoms with E-state index in [-0.39, 0.29) is 5.91 Å². The third-order valence-corrected chi connectivity index (χ3v) is 5.35. The van der Waals surface area contributed by atoms with Crippen LogP contribution in [0.3, 0.4) is 0 Å². The second-order valence-electron chi connectivity index (χ2n) is 8.43. The summed E-state index contributed by atoms with van der Waals surface area (Å²) in [4.78, 5) is 15.3. The third-order valence-electron chi connectivity index (χ3n) is 5.35. The third kappa shape index (κ3) is 5.45. The summed E-state index contributed by atoms with van der Waals surface area (Å²) in [6.07, 6.45) is 0. The minimum absolute atomic E-state index is 0.0437. The van der Waals surface area contributed by atoms with Crippen LogP contribution in [-0.2, 0) is 6.54 Å². The van der Waals surface area contributed by atoms with Gasteiger partial charge in [0, 0.05) is 23.8 Å². The molecule has 0 radical (unpaired) electrons. The first-order chi connectivity index (χ1) is 13.2. The second-order valence-corrected chi connectivity index (χ2v) is 8.43. The number of nitrogens with one attached hydrogen (secondary N) is 1. The van der Waals surface area contributed by atoms with E-state index in [1.807, 2.05) is 12.1 Å². The highest BCUT2D eigenvalue weighted by atomic mass is 16.1. The zero-order valence-electron chi connectivity index (χ0n) is 18.5. The fourth-order valence-corrected chi connectivity index (χ4v) is 3.54. The molecule has 0 aliphatic carbocycles. The molecule has 0 bridgehead atoms. The van der Waals surface area contributed by atoms with Crippen LogP contribution < -0.4 is 5.32 Å². The summed E-state index contributed by atoms with van der Waals surface area (Å²) in [6.45, 7) is 17.2. The number of para-hydroxylation sites is 1. The van der Waals surface area contributed by atoms with Gasteiger partial charge in [0.1, 0.15) is 0 Å². The molecule has 1 N–H and O–H groups in total. The van der Waals surface area contributed by atoms with Crippen LogP contribution >= 0.6 is 0 Å². The average molecular weight is 381 g/mol. The molecule has 0 spiro atoms. The number of amides is 1. The molecule has 0 saturated heterocycles. The molecule has 0 aromatic heterocycles. The van der Waals surface area contributed by atoms with Crippen LogP contribution in [0.2, 0.25) is 0 Å². The van der Waals surface area contributed by atoms with Gasteiger partial charge in [0.15, 0.2) is 0 Å². The van der Waals surface area contributed by atoms with E-state index in [0.29, 0.717) is 23.4 Å². The Morgan fingerprint density at radius 2 is 1.43 bits per heavy atom. The molecule has 1 amide bonds. The molecule has 0 atom stereocenters. The Morgan fingerprint density at radius 1 is 0.893 bits per heavy atom. The van der Waals surface area contributed by atoms with E-state index in [9.17, 15) is 4.79 Å². The van der Waals surface area contributed by atoms with Crippen molar-refractivity contribution in [1.29, 1.82) is 0 Å². The Balaban J connectivity index is 2.22. The highest BCUT2D eigenvalue weighted by molar-refractivity contribution is 6.05. The number of carbonyl (C=O) groups excluding carboxylic acids is 1. The summed E-state index contributed by atoms with van der Waals surface area (Å²) in [5.41, 5.74) is 5.28. The molecule has 2 aromatic carbocycles. The minimum atomic E-state index is -0.0437. The highest BCUT2D eigenvalue weighted by Crippen LogP contribution is 2.32. The standard InChI is InChI=1S/C25H36N2O/c1-8-27(19(6)7)16-20-12-14-21(15-13-20)25(28)26-24-22(17(2)3)10-9-11-23(24)18(4)5/h9-15,17-19H,8,16H2,1-7H3,(H,26,28). The van der Waals surface area contributed by atoms with Crippen LogP contribution in [0.5, 0.6) is 0 Å². The predicted molar refractivity (Wildman–Crippen MR) is 120 cm³/mol. The van der Waals surface area contributed by atoms with E-state index in [0.717, 1.165) is 18.8 Å². The highest BCUT2D eigenvalue weighted by Gasteiger charge is 2.17. The topological polar surface area (TPSA) is 32.3 Å². The second kappa shape index (κ2) is 9.88. The maximum absolute atomic E-state index is 12.9. The number of anilines is 1. The van der Waals surface area contributed by atoms with Gasteiger partial charge in [-0.05, 0) is 61.1 Å². The van der Waals surface area contributed by atoms with Gasteiger partial charge in [0.25, 0.3) is 5.91 Å². The predicted octanol–water partition coefficient (Wildman–Crippen LogP) is 6.42. The summed E-state index contributed by atoms with van der Waals surface area (Å²) in [5.74, 6) is 0.664. The van der Waals surface area contributed by atoms with Crippen LogP contribution in [0.4, 0.5) is 5.69 Å². The quantitative estimate of drug-likeness (QED) is 0.573. The van der Waals surface area contributed by atoms with E-state index < -0.39 is 0 Å². The average Bonchev–Trinajstić information content (AvgIpc) is 2.65. The molecule has 152 valence electrons. The van der Waals surface area contributed by atoms with Gasteiger partial charge in [-0.25, -0.2) is 0 Å².